The van der Waals surface area contributed by atoms with Crippen molar-refractivity contribution in [2.45, 2.75) is 26.3 Å². The van der Waals surface area contributed by atoms with Crippen LogP contribution >= 0.6 is 11.6 Å². The zero-order valence-corrected chi connectivity index (χ0v) is 13.9. The molecule has 0 spiro atoms. The molecule has 1 aromatic carbocycles. The van der Waals surface area contributed by atoms with E-state index in [0.717, 1.165) is 0 Å². The van der Waals surface area contributed by atoms with Crippen LogP contribution in [0.3, 0.4) is 0 Å². The minimum Gasteiger partial charge on any atom is -0.495 e. The zero-order chi connectivity index (χ0) is 17.0. The van der Waals surface area contributed by atoms with Gasteiger partial charge < -0.3 is 10.1 Å². The quantitative estimate of drug-likeness (QED) is 0.911. The second-order valence-corrected chi connectivity index (χ2v) is 5.76. The number of carbonyl (C=O) groups excluding carboxylic acids is 1. The number of benzene rings is 1. The summed E-state index contributed by atoms with van der Waals surface area (Å²) in [6, 6.07) is 6.34. The minimum absolute atomic E-state index is 0.139. The largest absolute Gasteiger partial charge is 0.495 e. The number of halogens is 1. The van der Waals surface area contributed by atoms with E-state index in [0.29, 0.717) is 22.2 Å². The number of aromatic nitrogens is 2. The fraction of sp³-hybridized carbons (Fsp3) is 0.312. The van der Waals surface area contributed by atoms with Gasteiger partial charge in [0.25, 0.3) is 5.56 Å². The highest BCUT2D eigenvalue weighted by atomic mass is 35.5. The molecular weight excluding hydrogens is 318 g/mol. The van der Waals surface area contributed by atoms with Crippen molar-refractivity contribution in [2.24, 2.45) is 0 Å². The predicted molar refractivity (Wildman–Crippen MR) is 89.2 cm³/mol. The summed E-state index contributed by atoms with van der Waals surface area (Å²) in [4.78, 5) is 28.3. The number of carbonyl (C=O) groups is 1. The number of nitrogens with zero attached hydrogens (tertiary/aromatic N) is 2. The van der Waals surface area contributed by atoms with Gasteiger partial charge in [-0.1, -0.05) is 25.4 Å². The molecular formula is C16H18ClN3O3. The third-order valence-electron chi connectivity index (χ3n) is 3.24. The molecule has 0 aliphatic rings. The summed E-state index contributed by atoms with van der Waals surface area (Å²) in [6.07, 6.45) is 1.38. The molecule has 23 heavy (non-hydrogen) atoms. The third kappa shape index (κ3) is 4.32. The van der Waals surface area contributed by atoms with Crippen molar-refractivity contribution in [3.8, 4) is 5.75 Å². The number of ether oxygens (including phenoxy) is 1. The number of anilines is 1. The van der Waals surface area contributed by atoms with Crippen molar-refractivity contribution in [1.29, 1.82) is 0 Å². The van der Waals surface area contributed by atoms with E-state index in [9.17, 15) is 9.59 Å². The Morgan fingerprint density at radius 2 is 2.13 bits per heavy atom. The van der Waals surface area contributed by atoms with E-state index >= 15 is 0 Å². The van der Waals surface area contributed by atoms with Crippen LogP contribution in [0.4, 0.5) is 5.69 Å². The Morgan fingerprint density at radius 3 is 2.74 bits per heavy atom. The van der Waals surface area contributed by atoms with E-state index in [4.69, 9.17) is 16.3 Å². The number of amides is 1. The van der Waals surface area contributed by atoms with Gasteiger partial charge >= 0.3 is 0 Å². The first-order valence-corrected chi connectivity index (χ1v) is 7.48. The van der Waals surface area contributed by atoms with Gasteiger partial charge in [-0.3, -0.25) is 14.2 Å². The van der Waals surface area contributed by atoms with Gasteiger partial charge in [0.05, 0.1) is 24.8 Å². The number of hydrogen-bond acceptors (Lipinski definition) is 4. The number of rotatable bonds is 5. The fourth-order valence-corrected chi connectivity index (χ4v) is 2.17. The SMILES string of the molecule is COc1ccc(Cl)cc1NC(=O)Cn1cnc(C(C)C)cc1=O. The predicted octanol–water partition coefficient (Wildman–Crippen LogP) is 2.67. The Balaban J connectivity index is 2.14. The second kappa shape index (κ2) is 7.28. The van der Waals surface area contributed by atoms with Crippen LogP contribution in [0.15, 0.2) is 35.4 Å². The van der Waals surface area contributed by atoms with Gasteiger partial charge in [0.2, 0.25) is 5.91 Å². The summed E-state index contributed by atoms with van der Waals surface area (Å²) in [5.41, 5.74) is 0.880. The Morgan fingerprint density at radius 1 is 1.39 bits per heavy atom. The Hall–Kier alpha value is -2.34. The zero-order valence-electron chi connectivity index (χ0n) is 13.2. The van der Waals surface area contributed by atoms with E-state index < -0.39 is 0 Å². The van der Waals surface area contributed by atoms with Crippen LogP contribution in [0.5, 0.6) is 5.75 Å². The Bertz CT molecular complexity index is 771. The van der Waals surface area contributed by atoms with Crippen molar-refractivity contribution >= 4 is 23.2 Å². The molecule has 1 amide bonds. The molecule has 0 aliphatic heterocycles. The molecule has 0 atom stereocenters. The lowest BCUT2D eigenvalue weighted by molar-refractivity contribution is -0.116. The van der Waals surface area contributed by atoms with Crippen molar-refractivity contribution in [2.75, 3.05) is 12.4 Å². The molecule has 1 N–H and O–H groups in total. The second-order valence-electron chi connectivity index (χ2n) is 5.33. The Kier molecular flexibility index (Phi) is 5.39. The molecule has 0 saturated carbocycles. The summed E-state index contributed by atoms with van der Waals surface area (Å²) < 4.78 is 6.41. The molecule has 122 valence electrons. The molecule has 2 rings (SSSR count). The van der Waals surface area contributed by atoms with Crippen molar-refractivity contribution in [3.63, 3.8) is 0 Å². The summed E-state index contributed by atoms with van der Waals surface area (Å²) in [5, 5.41) is 3.15. The van der Waals surface area contributed by atoms with E-state index in [-0.39, 0.29) is 23.9 Å². The topological polar surface area (TPSA) is 73.2 Å². The number of hydrogen-bond donors (Lipinski definition) is 1. The third-order valence-corrected chi connectivity index (χ3v) is 3.48. The van der Waals surface area contributed by atoms with E-state index in [1.807, 2.05) is 13.8 Å². The highest BCUT2D eigenvalue weighted by molar-refractivity contribution is 6.31. The van der Waals surface area contributed by atoms with Crippen LogP contribution < -0.4 is 15.6 Å². The van der Waals surface area contributed by atoms with Gasteiger partial charge in [-0.05, 0) is 24.1 Å². The average molecular weight is 336 g/mol. The highest BCUT2D eigenvalue weighted by Crippen LogP contribution is 2.27. The summed E-state index contributed by atoms with van der Waals surface area (Å²) in [6.45, 7) is 3.76. The van der Waals surface area contributed by atoms with Crippen LogP contribution in [-0.2, 0) is 11.3 Å². The smallest absolute Gasteiger partial charge is 0.254 e. The van der Waals surface area contributed by atoms with Gasteiger partial charge in [-0.25, -0.2) is 4.98 Å². The van der Waals surface area contributed by atoms with Crippen LogP contribution in [0.2, 0.25) is 5.02 Å². The summed E-state index contributed by atoms with van der Waals surface area (Å²) >= 11 is 5.92. The standard InChI is InChI=1S/C16H18ClN3O3/c1-10(2)12-7-16(22)20(9-18-12)8-15(21)19-13-6-11(17)4-5-14(13)23-3/h4-7,9-10H,8H2,1-3H3,(H,19,21). The minimum atomic E-state index is -0.369. The first kappa shape index (κ1) is 17.0. The van der Waals surface area contributed by atoms with E-state index in [1.165, 1.54) is 24.1 Å². The molecule has 2 aromatic rings. The van der Waals surface area contributed by atoms with Gasteiger partial charge in [0.1, 0.15) is 12.3 Å². The maximum atomic E-state index is 12.1. The summed E-state index contributed by atoms with van der Waals surface area (Å²) in [7, 11) is 1.50. The molecule has 0 bridgehead atoms. The molecule has 6 nitrogen and oxygen atoms in total. The molecule has 0 saturated heterocycles. The highest BCUT2D eigenvalue weighted by Gasteiger charge is 2.11. The van der Waals surface area contributed by atoms with Gasteiger partial charge in [-0.15, -0.1) is 0 Å². The summed E-state index contributed by atoms with van der Waals surface area (Å²) in [5.74, 6) is 0.275. The molecule has 0 fully saturated rings. The normalized spacial score (nSPS) is 10.7. The number of methoxy groups -OCH3 is 1. The molecule has 1 aromatic heterocycles. The lowest BCUT2D eigenvalue weighted by Crippen LogP contribution is -2.28. The number of nitrogens with one attached hydrogen (secondary N) is 1. The van der Waals surface area contributed by atoms with Crippen LogP contribution in [-0.4, -0.2) is 22.6 Å². The van der Waals surface area contributed by atoms with Crippen molar-refractivity contribution in [3.05, 3.63) is 51.7 Å². The monoisotopic (exact) mass is 335 g/mol. The van der Waals surface area contributed by atoms with Crippen molar-refractivity contribution in [1.82, 2.24) is 9.55 Å². The molecule has 0 radical (unpaired) electrons. The first-order valence-electron chi connectivity index (χ1n) is 7.10. The maximum absolute atomic E-state index is 12.1. The molecule has 0 unspecified atom stereocenters. The van der Waals surface area contributed by atoms with Crippen LogP contribution in [0.1, 0.15) is 25.5 Å². The van der Waals surface area contributed by atoms with Gasteiger partial charge in [-0.2, -0.15) is 0 Å². The van der Waals surface area contributed by atoms with Gasteiger partial charge in [0.15, 0.2) is 0 Å². The molecule has 0 aliphatic carbocycles. The van der Waals surface area contributed by atoms with Crippen LogP contribution in [0.25, 0.3) is 0 Å². The van der Waals surface area contributed by atoms with Gasteiger partial charge in [0, 0.05) is 11.1 Å². The van der Waals surface area contributed by atoms with Crippen LogP contribution in [0, 0.1) is 0 Å². The molecule has 7 heteroatoms. The average Bonchev–Trinajstić information content (AvgIpc) is 2.49. The lowest BCUT2D eigenvalue weighted by Gasteiger charge is -2.12. The molecule has 1 heterocycles. The fourth-order valence-electron chi connectivity index (χ4n) is 2.00. The first-order chi connectivity index (χ1) is 10.9. The Labute approximate surface area is 139 Å². The van der Waals surface area contributed by atoms with Crippen molar-refractivity contribution < 1.29 is 9.53 Å². The van der Waals surface area contributed by atoms with E-state index in [2.05, 4.69) is 10.3 Å². The van der Waals surface area contributed by atoms with E-state index in [1.54, 1.807) is 18.2 Å². The maximum Gasteiger partial charge on any atom is 0.254 e. The lowest BCUT2D eigenvalue weighted by atomic mass is 10.1.